The van der Waals surface area contributed by atoms with E-state index in [0.29, 0.717) is 31.1 Å². The minimum atomic E-state index is -0.130. The number of esters is 1. The normalized spacial score (nSPS) is 10.6. The molecule has 4 heteroatoms. The molecular formula is C19H29ClO3. The van der Waals surface area contributed by atoms with Gasteiger partial charge in [0.1, 0.15) is 5.75 Å². The van der Waals surface area contributed by atoms with Crippen LogP contribution in [0.3, 0.4) is 0 Å². The molecular weight excluding hydrogens is 312 g/mol. The van der Waals surface area contributed by atoms with Crippen LogP contribution in [0.2, 0.25) is 5.02 Å². The number of hydrogen-bond donors (Lipinski definition) is 0. The molecule has 3 nitrogen and oxygen atoms in total. The van der Waals surface area contributed by atoms with Gasteiger partial charge in [0, 0.05) is 11.4 Å². The average molecular weight is 341 g/mol. The molecule has 1 aromatic carbocycles. The summed E-state index contributed by atoms with van der Waals surface area (Å²) in [7, 11) is 0. The largest absolute Gasteiger partial charge is 0.493 e. The van der Waals surface area contributed by atoms with E-state index in [0.717, 1.165) is 24.2 Å². The van der Waals surface area contributed by atoms with E-state index in [4.69, 9.17) is 21.1 Å². The number of carbonyl (C=O) groups is 1. The van der Waals surface area contributed by atoms with Gasteiger partial charge in [-0.25, -0.2) is 0 Å². The molecule has 23 heavy (non-hydrogen) atoms. The molecule has 0 aromatic heterocycles. The summed E-state index contributed by atoms with van der Waals surface area (Å²) < 4.78 is 10.9. The maximum atomic E-state index is 11.6. The summed E-state index contributed by atoms with van der Waals surface area (Å²) >= 11 is 5.90. The molecule has 0 fully saturated rings. The van der Waals surface area contributed by atoms with Crippen molar-refractivity contribution in [1.29, 1.82) is 0 Å². The van der Waals surface area contributed by atoms with Crippen molar-refractivity contribution in [3.63, 3.8) is 0 Å². The van der Waals surface area contributed by atoms with E-state index in [2.05, 4.69) is 6.92 Å². The quantitative estimate of drug-likeness (QED) is 0.361. The second-order valence-corrected chi connectivity index (χ2v) is 6.29. The zero-order valence-electron chi connectivity index (χ0n) is 14.4. The molecule has 130 valence electrons. The Kier molecular flexibility index (Phi) is 10.5. The lowest BCUT2D eigenvalue weighted by atomic mass is 10.1. The third kappa shape index (κ3) is 9.50. The van der Waals surface area contributed by atoms with Gasteiger partial charge in [0.25, 0.3) is 0 Å². The maximum absolute atomic E-state index is 11.6. The molecule has 0 aliphatic carbocycles. The van der Waals surface area contributed by atoms with Crippen molar-refractivity contribution in [3.05, 3.63) is 28.8 Å². The van der Waals surface area contributed by atoms with Gasteiger partial charge in [-0.2, -0.15) is 0 Å². The predicted octanol–water partition coefficient (Wildman–Crippen LogP) is 5.71. The van der Waals surface area contributed by atoms with Crippen molar-refractivity contribution in [2.24, 2.45) is 0 Å². The highest BCUT2D eigenvalue weighted by molar-refractivity contribution is 6.30. The van der Waals surface area contributed by atoms with Crippen LogP contribution >= 0.6 is 11.6 Å². The number of carbonyl (C=O) groups excluding carboxylic acids is 1. The summed E-state index contributed by atoms with van der Waals surface area (Å²) in [5, 5.41) is 0.702. The molecule has 0 aliphatic rings. The fraction of sp³-hybridized carbons (Fsp3) is 0.632. The summed E-state index contributed by atoms with van der Waals surface area (Å²) in [5.41, 5.74) is 1.00. The molecule has 1 aromatic rings. The van der Waals surface area contributed by atoms with Crippen LogP contribution < -0.4 is 4.74 Å². The highest BCUT2D eigenvalue weighted by Crippen LogP contribution is 2.21. The lowest BCUT2D eigenvalue weighted by Crippen LogP contribution is -2.08. The fourth-order valence-electron chi connectivity index (χ4n) is 2.31. The van der Waals surface area contributed by atoms with Crippen LogP contribution in [0.5, 0.6) is 5.75 Å². The Hall–Kier alpha value is -1.22. The molecule has 0 saturated heterocycles. The minimum Gasteiger partial charge on any atom is -0.493 e. The summed E-state index contributed by atoms with van der Waals surface area (Å²) in [6.45, 7) is 5.21. The molecule has 0 saturated carbocycles. The van der Waals surface area contributed by atoms with Gasteiger partial charge in [-0.1, -0.05) is 50.6 Å². The number of halogens is 1. The number of hydrogen-bond acceptors (Lipinski definition) is 3. The molecule has 0 radical (unpaired) electrons. The molecule has 0 amide bonds. The third-order valence-electron chi connectivity index (χ3n) is 3.68. The number of benzene rings is 1. The smallest absolute Gasteiger partial charge is 0.305 e. The average Bonchev–Trinajstić information content (AvgIpc) is 2.52. The summed E-state index contributed by atoms with van der Waals surface area (Å²) in [5.74, 6) is 0.685. The van der Waals surface area contributed by atoms with E-state index in [9.17, 15) is 4.79 Å². The van der Waals surface area contributed by atoms with E-state index in [-0.39, 0.29) is 5.97 Å². The van der Waals surface area contributed by atoms with Crippen LogP contribution in [-0.4, -0.2) is 19.2 Å². The Balaban J connectivity index is 2.01. The maximum Gasteiger partial charge on any atom is 0.305 e. The van der Waals surface area contributed by atoms with E-state index >= 15 is 0 Å². The Morgan fingerprint density at radius 1 is 1.04 bits per heavy atom. The fourth-order valence-corrected chi connectivity index (χ4v) is 2.54. The van der Waals surface area contributed by atoms with Crippen molar-refractivity contribution in [1.82, 2.24) is 0 Å². The van der Waals surface area contributed by atoms with Crippen molar-refractivity contribution in [2.75, 3.05) is 13.2 Å². The topological polar surface area (TPSA) is 35.5 Å². The SMILES string of the molecule is CCCCCCCCOC(=O)CCCOc1ccc(Cl)cc1C. The Labute approximate surface area is 145 Å². The number of aryl methyl sites for hydroxylation is 1. The van der Waals surface area contributed by atoms with E-state index in [1.165, 1.54) is 25.7 Å². The van der Waals surface area contributed by atoms with Gasteiger partial charge in [0.05, 0.1) is 13.2 Å². The standard InChI is InChI=1S/C19H29ClO3/c1-3-4-5-6-7-8-13-23-19(21)10-9-14-22-18-12-11-17(20)15-16(18)2/h11-12,15H,3-10,13-14H2,1-2H3. The van der Waals surface area contributed by atoms with E-state index in [1.54, 1.807) is 6.07 Å². The third-order valence-corrected chi connectivity index (χ3v) is 3.92. The van der Waals surface area contributed by atoms with E-state index < -0.39 is 0 Å². The van der Waals surface area contributed by atoms with Crippen LogP contribution in [0.25, 0.3) is 0 Å². The Morgan fingerprint density at radius 2 is 1.78 bits per heavy atom. The van der Waals surface area contributed by atoms with Gasteiger partial charge in [-0.3, -0.25) is 4.79 Å². The molecule has 0 N–H and O–H groups in total. The first kappa shape index (κ1) is 19.8. The van der Waals surface area contributed by atoms with Crippen molar-refractivity contribution in [3.8, 4) is 5.75 Å². The molecule has 0 bridgehead atoms. The molecule has 0 aliphatic heterocycles. The molecule has 0 unspecified atom stereocenters. The number of unbranched alkanes of at least 4 members (excludes halogenated alkanes) is 5. The van der Waals surface area contributed by atoms with E-state index in [1.807, 2.05) is 19.1 Å². The number of rotatable bonds is 12. The second-order valence-electron chi connectivity index (χ2n) is 5.85. The molecule has 0 heterocycles. The highest BCUT2D eigenvalue weighted by atomic mass is 35.5. The predicted molar refractivity (Wildman–Crippen MR) is 95.3 cm³/mol. The summed E-state index contributed by atoms with van der Waals surface area (Å²) in [6, 6.07) is 5.53. The number of ether oxygens (including phenoxy) is 2. The van der Waals surface area contributed by atoms with Crippen molar-refractivity contribution < 1.29 is 14.3 Å². The molecule has 1 rings (SSSR count). The first-order valence-electron chi connectivity index (χ1n) is 8.68. The van der Waals surface area contributed by atoms with Crippen LogP contribution in [0.4, 0.5) is 0 Å². The second kappa shape index (κ2) is 12.2. The first-order chi connectivity index (χ1) is 11.1. The Morgan fingerprint density at radius 3 is 2.52 bits per heavy atom. The lowest BCUT2D eigenvalue weighted by molar-refractivity contribution is -0.144. The van der Waals surface area contributed by atoms with Crippen LogP contribution in [0, 0.1) is 6.92 Å². The zero-order chi connectivity index (χ0) is 16.9. The molecule has 0 spiro atoms. The van der Waals surface area contributed by atoms with Gasteiger partial charge in [0.2, 0.25) is 0 Å². The lowest BCUT2D eigenvalue weighted by Gasteiger charge is -2.09. The van der Waals surface area contributed by atoms with Crippen molar-refractivity contribution >= 4 is 17.6 Å². The van der Waals surface area contributed by atoms with Gasteiger partial charge in [-0.05, 0) is 43.5 Å². The van der Waals surface area contributed by atoms with Gasteiger partial charge >= 0.3 is 5.97 Å². The monoisotopic (exact) mass is 340 g/mol. The highest BCUT2D eigenvalue weighted by Gasteiger charge is 2.04. The Bertz CT molecular complexity index is 460. The molecule has 0 atom stereocenters. The van der Waals surface area contributed by atoms with Crippen molar-refractivity contribution in [2.45, 2.75) is 65.2 Å². The van der Waals surface area contributed by atoms with Crippen LogP contribution in [0.15, 0.2) is 18.2 Å². The van der Waals surface area contributed by atoms with Gasteiger partial charge in [-0.15, -0.1) is 0 Å². The minimum absolute atomic E-state index is 0.130. The summed E-state index contributed by atoms with van der Waals surface area (Å²) in [4.78, 5) is 11.6. The van der Waals surface area contributed by atoms with Crippen LogP contribution in [-0.2, 0) is 9.53 Å². The zero-order valence-corrected chi connectivity index (χ0v) is 15.2. The van der Waals surface area contributed by atoms with Gasteiger partial charge < -0.3 is 9.47 Å². The first-order valence-corrected chi connectivity index (χ1v) is 9.06. The van der Waals surface area contributed by atoms with Crippen LogP contribution in [0.1, 0.15) is 63.9 Å². The summed E-state index contributed by atoms with van der Waals surface area (Å²) in [6.07, 6.45) is 8.26. The van der Waals surface area contributed by atoms with Gasteiger partial charge in [0.15, 0.2) is 0 Å².